The molecule has 0 amide bonds. The van der Waals surface area contributed by atoms with Crippen LogP contribution in [0.5, 0.6) is 0 Å². The number of hydrogen-bond acceptors (Lipinski definition) is 2. The van der Waals surface area contributed by atoms with Crippen molar-refractivity contribution in [2.75, 3.05) is 19.6 Å². The number of likely N-dealkylation sites (tertiary alicyclic amines) is 1. The number of hydrogen-bond donors (Lipinski definition) is 0. The Labute approximate surface area is 137 Å². The van der Waals surface area contributed by atoms with Gasteiger partial charge in [0, 0.05) is 16.5 Å². The quantitative estimate of drug-likeness (QED) is 0.677. The molecule has 0 saturated carbocycles. The fraction of sp³-hybridized carbons (Fsp3) is 0.611. The van der Waals surface area contributed by atoms with Crippen LogP contribution in [0, 0.1) is 5.92 Å². The summed E-state index contributed by atoms with van der Waals surface area (Å²) >= 11 is 3.40. The summed E-state index contributed by atoms with van der Waals surface area (Å²) in [4.78, 5) is 14.7. The zero-order valence-electron chi connectivity index (χ0n) is 13.0. The fourth-order valence-electron chi connectivity index (χ4n) is 3.10. The molecule has 1 aromatic carbocycles. The van der Waals surface area contributed by atoms with E-state index in [1.165, 1.54) is 38.8 Å². The molecule has 116 valence electrons. The highest BCUT2D eigenvalue weighted by Crippen LogP contribution is 2.20. The first-order valence-corrected chi connectivity index (χ1v) is 8.99. The summed E-state index contributed by atoms with van der Waals surface area (Å²) in [6, 6.07) is 7.69. The molecule has 2 nitrogen and oxygen atoms in total. The van der Waals surface area contributed by atoms with Gasteiger partial charge in [0.15, 0.2) is 5.78 Å². The van der Waals surface area contributed by atoms with E-state index in [0.29, 0.717) is 6.42 Å². The molecule has 0 aliphatic carbocycles. The molecule has 1 aliphatic rings. The molecular weight excluding hydrogens is 326 g/mol. The molecule has 1 fully saturated rings. The highest BCUT2D eigenvalue weighted by molar-refractivity contribution is 9.10. The van der Waals surface area contributed by atoms with E-state index in [2.05, 4.69) is 27.8 Å². The van der Waals surface area contributed by atoms with Crippen LogP contribution in [0.25, 0.3) is 0 Å². The number of carbonyl (C=O) groups excluding carboxylic acids is 1. The van der Waals surface area contributed by atoms with Crippen molar-refractivity contribution in [1.82, 2.24) is 4.90 Å². The largest absolute Gasteiger partial charge is 0.303 e. The van der Waals surface area contributed by atoms with Gasteiger partial charge in [-0.3, -0.25) is 4.79 Å². The number of halogens is 1. The van der Waals surface area contributed by atoms with E-state index in [1.807, 2.05) is 24.3 Å². The van der Waals surface area contributed by atoms with Gasteiger partial charge in [0.05, 0.1) is 0 Å². The Morgan fingerprint density at radius 2 is 2.00 bits per heavy atom. The lowest BCUT2D eigenvalue weighted by Gasteiger charge is -2.19. The minimum Gasteiger partial charge on any atom is -0.303 e. The van der Waals surface area contributed by atoms with Crippen molar-refractivity contribution >= 4 is 21.7 Å². The second kappa shape index (κ2) is 8.70. The van der Waals surface area contributed by atoms with Crippen LogP contribution in [0.15, 0.2) is 28.7 Å². The Hall–Kier alpha value is -0.670. The van der Waals surface area contributed by atoms with Gasteiger partial charge < -0.3 is 4.90 Å². The topological polar surface area (TPSA) is 20.3 Å². The Kier molecular flexibility index (Phi) is 6.91. The monoisotopic (exact) mass is 351 g/mol. The van der Waals surface area contributed by atoms with Crippen molar-refractivity contribution in [2.24, 2.45) is 5.92 Å². The molecule has 1 atom stereocenters. The van der Waals surface area contributed by atoms with E-state index >= 15 is 0 Å². The van der Waals surface area contributed by atoms with Crippen molar-refractivity contribution in [2.45, 2.75) is 45.4 Å². The molecule has 1 saturated heterocycles. The third kappa shape index (κ3) is 5.55. The highest BCUT2D eigenvalue weighted by atomic mass is 79.9. The first-order valence-electron chi connectivity index (χ1n) is 8.20. The number of carbonyl (C=O) groups is 1. The van der Waals surface area contributed by atoms with Crippen LogP contribution in [0.3, 0.4) is 0 Å². The molecule has 1 aliphatic heterocycles. The van der Waals surface area contributed by atoms with Crippen LogP contribution in [-0.2, 0) is 0 Å². The number of ketones is 1. The molecule has 0 spiro atoms. The van der Waals surface area contributed by atoms with Crippen molar-refractivity contribution in [3.05, 3.63) is 34.3 Å². The third-order valence-electron chi connectivity index (χ3n) is 4.56. The summed E-state index contributed by atoms with van der Waals surface area (Å²) in [5.41, 5.74) is 0.833. The van der Waals surface area contributed by atoms with Crippen molar-refractivity contribution < 1.29 is 4.79 Å². The van der Waals surface area contributed by atoms with Gasteiger partial charge >= 0.3 is 0 Å². The molecule has 1 heterocycles. The number of nitrogens with zero attached hydrogens (tertiary/aromatic N) is 1. The van der Waals surface area contributed by atoms with E-state index in [1.54, 1.807) is 0 Å². The van der Waals surface area contributed by atoms with Crippen LogP contribution < -0.4 is 0 Å². The zero-order chi connectivity index (χ0) is 15.1. The SMILES string of the molecule is CCC1CCCN(CCCC(=O)c2ccc(Br)cc2)CC1. The lowest BCUT2D eigenvalue weighted by Crippen LogP contribution is -2.26. The molecule has 0 N–H and O–H groups in total. The molecule has 21 heavy (non-hydrogen) atoms. The molecule has 0 aromatic heterocycles. The van der Waals surface area contributed by atoms with Crippen LogP contribution in [0.1, 0.15) is 55.8 Å². The van der Waals surface area contributed by atoms with E-state index in [-0.39, 0.29) is 5.78 Å². The normalized spacial score (nSPS) is 20.2. The van der Waals surface area contributed by atoms with Crippen molar-refractivity contribution in [1.29, 1.82) is 0 Å². The molecule has 1 aromatic rings. The van der Waals surface area contributed by atoms with Gasteiger partial charge in [-0.1, -0.05) is 41.4 Å². The molecular formula is C18H26BrNO. The minimum atomic E-state index is 0.267. The van der Waals surface area contributed by atoms with Crippen molar-refractivity contribution in [3.8, 4) is 0 Å². The molecule has 3 heteroatoms. The second-order valence-electron chi connectivity index (χ2n) is 6.08. The third-order valence-corrected chi connectivity index (χ3v) is 5.09. The van der Waals surface area contributed by atoms with Gasteiger partial charge in [-0.2, -0.15) is 0 Å². The van der Waals surface area contributed by atoms with E-state index < -0.39 is 0 Å². The molecule has 0 bridgehead atoms. The van der Waals surface area contributed by atoms with Crippen molar-refractivity contribution in [3.63, 3.8) is 0 Å². The van der Waals surface area contributed by atoms with Gasteiger partial charge in [0.1, 0.15) is 0 Å². The molecule has 0 radical (unpaired) electrons. The summed E-state index contributed by atoms with van der Waals surface area (Å²) < 4.78 is 1.02. The average molecular weight is 352 g/mol. The summed E-state index contributed by atoms with van der Waals surface area (Å²) in [6.07, 6.45) is 6.98. The lowest BCUT2D eigenvalue weighted by atomic mass is 9.98. The van der Waals surface area contributed by atoms with E-state index in [9.17, 15) is 4.79 Å². The second-order valence-corrected chi connectivity index (χ2v) is 7.00. The highest BCUT2D eigenvalue weighted by Gasteiger charge is 2.15. The maximum absolute atomic E-state index is 12.1. The fourth-order valence-corrected chi connectivity index (χ4v) is 3.36. The summed E-state index contributed by atoms with van der Waals surface area (Å²) in [7, 11) is 0. The number of benzene rings is 1. The standard InChI is InChI=1S/C18H26BrNO/c1-2-15-5-3-12-20(14-11-15)13-4-6-18(21)16-7-9-17(19)10-8-16/h7-10,15H,2-6,11-14H2,1H3. The summed E-state index contributed by atoms with van der Waals surface area (Å²) in [5, 5.41) is 0. The average Bonchev–Trinajstić information content (AvgIpc) is 2.73. The number of rotatable bonds is 6. The van der Waals surface area contributed by atoms with Crippen LogP contribution in [0.2, 0.25) is 0 Å². The maximum Gasteiger partial charge on any atom is 0.162 e. The van der Waals surface area contributed by atoms with Crippen LogP contribution >= 0.6 is 15.9 Å². The van der Waals surface area contributed by atoms with Gasteiger partial charge in [-0.25, -0.2) is 0 Å². The minimum absolute atomic E-state index is 0.267. The molecule has 2 rings (SSSR count). The first kappa shape index (κ1) is 16.7. The van der Waals surface area contributed by atoms with Gasteiger partial charge in [0.2, 0.25) is 0 Å². The Morgan fingerprint density at radius 3 is 2.71 bits per heavy atom. The van der Waals surface area contributed by atoms with Crippen LogP contribution in [0.4, 0.5) is 0 Å². The van der Waals surface area contributed by atoms with E-state index in [0.717, 1.165) is 28.9 Å². The zero-order valence-corrected chi connectivity index (χ0v) is 14.6. The predicted molar refractivity (Wildman–Crippen MR) is 91.8 cm³/mol. The molecule has 1 unspecified atom stereocenters. The predicted octanol–water partition coefficient (Wildman–Crippen LogP) is 4.92. The van der Waals surface area contributed by atoms with Crippen LogP contribution in [-0.4, -0.2) is 30.3 Å². The Bertz CT molecular complexity index is 443. The summed E-state index contributed by atoms with van der Waals surface area (Å²) in [5.74, 6) is 1.18. The Balaban J connectivity index is 1.71. The van der Waals surface area contributed by atoms with Gasteiger partial charge in [-0.15, -0.1) is 0 Å². The summed E-state index contributed by atoms with van der Waals surface area (Å²) in [6.45, 7) is 5.80. The van der Waals surface area contributed by atoms with Gasteiger partial charge in [0.25, 0.3) is 0 Å². The smallest absolute Gasteiger partial charge is 0.162 e. The Morgan fingerprint density at radius 1 is 1.24 bits per heavy atom. The maximum atomic E-state index is 12.1. The first-order chi connectivity index (χ1) is 10.2. The van der Waals surface area contributed by atoms with E-state index in [4.69, 9.17) is 0 Å². The van der Waals surface area contributed by atoms with Gasteiger partial charge in [-0.05, 0) is 63.4 Å². The lowest BCUT2D eigenvalue weighted by molar-refractivity contribution is 0.0975. The number of Topliss-reactive ketones (excluding diaryl/α,β-unsaturated/α-hetero) is 1.